The first-order valence-electron chi connectivity index (χ1n) is 8.58. The number of aromatic nitrogens is 1. The summed E-state index contributed by atoms with van der Waals surface area (Å²) in [4.78, 5) is 2.34. The van der Waals surface area contributed by atoms with Crippen molar-refractivity contribution in [2.45, 2.75) is 40.7 Å². The van der Waals surface area contributed by atoms with Crippen LogP contribution in [0.5, 0.6) is 5.75 Å². The first-order valence-corrected chi connectivity index (χ1v) is 8.58. The van der Waals surface area contributed by atoms with Crippen LogP contribution in [0.3, 0.4) is 0 Å². The molecule has 0 aliphatic heterocycles. The Hall–Kier alpha value is -2.03. The summed E-state index contributed by atoms with van der Waals surface area (Å²) in [6, 6.07) is 10.8. The minimum atomic E-state index is 0.740. The maximum absolute atomic E-state index is 6.02. The summed E-state index contributed by atoms with van der Waals surface area (Å²) in [6.07, 6.45) is 5.26. The molecule has 0 N–H and O–H groups in total. The Bertz CT molecular complexity index is 604. The van der Waals surface area contributed by atoms with E-state index in [1.165, 1.54) is 16.8 Å². The number of pyridine rings is 1. The van der Waals surface area contributed by atoms with Crippen LogP contribution in [-0.2, 0) is 6.54 Å². The topological polar surface area (TPSA) is 16.4 Å². The molecule has 0 aliphatic rings. The number of nitrogens with zero attached hydrogens (tertiary/aromatic N) is 2. The van der Waals surface area contributed by atoms with Crippen molar-refractivity contribution in [3.05, 3.63) is 53.9 Å². The predicted molar refractivity (Wildman–Crippen MR) is 96.2 cm³/mol. The normalized spacial score (nSPS) is 10.6. The van der Waals surface area contributed by atoms with Crippen molar-refractivity contribution >= 4 is 5.69 Å². The molecule has 0 saturated heterocycles. The molecule has 124 valence electrons. The van der Waals surface area contributed by atoms with Crippen molar-refractivity contribution in [1.29, 1.82) is 0 Å². The van der Waals surface area contributed by atoms with Gasteiger partial charge in [-0.15, -0.1) is 0 Å². The minimum Gasteiger partial charge on any atom is -0.493 e. The number of benzene rings is 1. The van der Waals surface area contributed by atoms with Gasteiger partial charge in [0.15, 0.2) is 18.9 Å². The van der Waals surface area contributed by atoms with Gasteiger partial charge in [0.25, 0.3) is 0 Å². The van der Waals surface area contributed by atoms with Crippen LogP contribution in [0.2, 0.25) is 0 Å². The lowest BCUT2D eigenvalue weighted by Gasteiger charge is -2.22. The highest BCUT2D eigenvalue weighted by molar-refractivity contribution is 5.53. The van der Waals surface area contributed by atoms with Crippen molar-refractivity contribution in [2.75, 3.05) is 24.6 Å². The van der Waals surface area contributed by atoms with Gasteiger partial charge in [0.05, 0.1) is 6.61 Å². The third-order valence-electron chi connectivity index (χ3n) is 4.18. The Kier molecular flexibility index (Phi) is 6.45. The zero-order valence-electron chi connectivity index (χ0n) is 14.9. The molecule has 0 unspecified atom stereocenters. The van der Waals surface area contributed by atoms with Gasteiger partial charge < -0.3 is 9.64 Å². The smallest absolute Gasteiger partial charge is 0.169 e. The van der Waals surface area contributed by atoms with Crippen LogP contribution < -0.4 is 14.2 Å². The number of hydrogen-bond donors (Lipinski definition) is 0. The van der Waals surface area contributed by atoms with E-state index in [0.29, 0.717) is 0 Å². The molecule has 0 fully saturated rings. The van der Waals surface area contributed by atoms with Crippen LogP contribution in [0.1, 0.15) is 31.4 Å². The maximum Gasteiger partial charge on any atom is 0.169 e. The van der Waals surface area contributed by atoms with Gasteiger partial charge in [-0.25, -0.2) is 4.57 Å². The zero-order valence-corrected chi connectivity index (χ0v) is 14.9. The third-order valence-corrected chi connectivity index (χ3v) is 4.18. The van der Waals surface area contributed by atoms with E-state index in [-0.39, 0.29) is 0 Å². The Balaban J connectivity index is 1.89. The van der Waals surface area contributed by atoms with Crippen molar-refractivity contribution < 1.29 is 9.30 Å². The monoisotopic (exact) mass is 313 g/mol. The van der Waals surface area contributed by atoms with E-state index in [1.807, 2.05) is 0 Å². The molecule has 0 saturated carbocycles. The van der Waals surface area contributed by atoms with E-state index >= 15 is 0 Å². The Morgan fingerprint density at radius 1 is 1.00 bits per heavy atom. The average Bonchev–Trinajstić information content (AvgIpc) is 2.56. The largest absolute Gasteiger partial charge is 0.493 e. The summed E-state index contributed by atoms with van der Waals surface area (Å²) in [5.41, 5.74) is 3.73. The van der Waals surface area contributed by atoms with E-state index in [0.717, 1.165) is 38.4 Å². The van der Waals surface area contributed by atoms with E-state index in [9.17, 15) is 0 Å². The van der Waals surface area contributed by atoms with Crippen molar-refractivity contribution in [1.82, 2.24) is 0 Å². The van der Waals surface area contributed by atoms with Crippen LogP contribution in [0.15, 0.2) is 42.7 Å². The van der Waals surface area contributed by atoms with Gasteiger partial charge in [0.2, 0.25) is 0 Å². The number of rotatable bonds is 8. The lowest BCUT2D eigenvalue weighted by Crippen LogP contribution is -2.33. The van der Waals surface area contributed by atoms with Crippen LogP contribution in [0, 0.1) is 13.8 Å². The highest BCUT2D eigenvalue weighted by atomic mass is 16.5. The lowest BCUT2D eigenvalue weighted by atomic mass is 10.2. The molecular weight excluding hydrogens is 284 g/mol. The first-order chi connectivity index (χ1) is 11.1. The van der Waals surface area contributed by atoms with E-state index in [2.05, 4.69) is 79.9 Å². The molecule has 0 spiro atoms. The highest BCUT2D eigenvalue weighted by Gasteiger charge is 2.07. The summed E-state index contributed by atoms with van der Waals surface area (Å²) < 4.78 is 8.23. The Labute approximate surface area is 140 Å². The number of hydrogen-bond acceptors (Lipinski definition) is 2. The molecule has 0 radical (unpaired) electrons. The van der Waals surface area contributed by atoms with Crippen molar-refractivity contribution in [3.8, 4) is 5.75 Å². The molecular formula is C20H29N2O+. The highest BCUT2D eigenvalue weighted by Crippen LogP contribution is 2.25. The standard InChI is InChI=1S/C20H29N2O/c1-5-22(6-2)19-9-8-18(4)20(16-19)23-15-7-12-21-13-10-17(3)11-14-21/h8-11,13-14,16H,5-7,12,15H2,1-4H3/q+1. The molecule has 3 heteroatoms. The molecule has 3 nitrogen and oxygen atoms in total. The van der Waals surface area contributed by atoms with E-state index in [1.54, 1.807) is 0 Å². The number of anilines is 1. The molecule has 1 heterocycles. The SMILES string of the molecule is CCN(CC)c1ccc(C)c(OCCC[n+]2ccc(C)cc2)c1. The summed E-state index contributed by atoms with van der Waals surface area (Å²) in [5, 5.41) is 0. The Morgan fingerprint density at radius 3 is 2.35 bits per heavy atom. The van der Waals surface area contributed by atoms with Crippen LogP contribution in [0.25, 0.3) is 0 Å². The Morgan fingerprint density at radius 2 is 1.70 bits per heavy atom. The fourth-order valence-electron chi connectivity index (χ4n) is 2.64. The molecule has 0 bridgehead atoms. The van der Waals surface area contributed by atoms with Crippen LogP contribution >= 0.6 is 0 Å². The second-order valence-electron chi connectivity index (χ2n) is 5.94. The quantitative estimate of drug-likeness (QED) is 0.543. The summed E-state index contributed by atoms with van der Waals surface area (Å²) in [5.74, 6) is 1.00. The molecule has 2 aromatic rings. The predicted octanol–water partition coefficient (Wildman–Crippen LogP) is 3.91. The molecule has 0 aliphatic carbocycles. The third kappa shape index (κ3) is 4.98. The lowest BCUT2D eigenvalue weighted by molar-refractivity contribution is -0.697. The van der Waals surface area contributed by atoms with E-state index < -0.39 is 0 Å². The molecule has 0 amide bonds. The number of ether oxygens (including phenoxy) is 1. The van der Waals surface area contributed by atoms with Crippen molar-refractivity contribution in [2.24, 2.45) is 0 Å². The van der Waals surface area contributed by atoms with Gasteiger partial charge >= 0.3 is 0 Å². The maximum atomic E-state index is 6.02. The molecule has 0 atom stereocenters. The van der Waals surface area contributed by atoms with Gasteiger partial charge in [0.1, 0.15) is 5.75 Å². The van der Waals surface area contributed by atoms with Gasteiger partial charge in [-0.3, -0.25) is 0 Å². The van der Waals surface area contributed by atoms with Gasteiger partial charge in [-0.2, -0.15) is 0 Å². The molecule has 1 aromatic heterocycles. The summed E-state index contributed by atoms with van der Waals surface area (Å²) in [7, 11) is 0. The molecule has 2 rings (SSSR count). The van der Waals surface area contributed by atoms with E-state index in [4.69, 9.17) is 4.74 Å². The second-order valence-corrected chi connectivity index (χ2v) is 5.94. The fourth-order valence-corrected chi connectivity index (χ4v) is 2.64. The number of aryl methyl sites for hydroxylation is 3. The van der Waals surface area contributed by atoms with Crippen LogP contribution in [-0.4, -0.2) is 19.7 Å². The van der Waals surface area contributed by atoms with Gasteiger partial charge in [-0.05, 0) is 44.9 Å². The van der Waals surface area contributed by atoms with Crippen LogP contribution in [0.4, 0.5) is 5.69 Å². The first kappa shape index (κ1) is 17.3. The van der Waals surface area contributed by atoms with Gasteiger partial charge in [0, 0.05) is 43.4 Å². The fraction of sp³-hybridized carbons (Fsp3) is 0.450. The van der Waals surface area contributed by atoms with Crippen molar-refractivity contribution in [3.63, 3.8) is 0 Å². The second kappa shape index (κ2) is 8.56. The minimum absolute atomic E-state index is 0.740. The molecule has 23 heavy (non-hydrogen) atoms. The van der Waals surface area contributed by atoms with Gasteiger partial charge in [-0.1, -0.05) is 6.07 Å². The average molecular weight is 313 g/mol. The zero-order chi connectivity index (χ0) is 16.7. The summed E-state index contributed by atoms with van der Waals surface area (Å²) >= 11 is 0. The summed E-state index contributed by atoms with van der Waals surface area (Å²) in [6.45, 7) is 12.3. The molecule has 1 aromatic carbocycles.